The van der Waals surface area contributed by atoms with Crippen LogP contribution in [0.4, 0.5) is 0 Å². The molecule has 0 N–H and O–H groups in total. The highest BCUT2D eigenvalue weighted by atomic mass is 32.2. The highest BCUT2D eigenvalue weighted by Crippen LogP contribution is 2.45. The van der Waals surface area contributed by atoms with E-state index in [1.807, 2.05) is 11.9 Å². The molecule has 29 heavy (non-hydrogen) atoms. The van der Waals surface area contributed by atoms with Gasteiger partial charge in [-0.25, -0.2) is 16.8 Å². The lowest BCUT2D eigenvalue weighted by Crippen LogP contribution is -2.21. The van der Waals surface area contributed by atoms with Gasteiger partial charge in [0.05, 0.1) is 34.8 Å². The molecule has 1 heterocycles. The molecule has 0 radical (unpaired) electrons. The molecule has 0 spiro atoms. The Morgan fingerprint density at radius 2 is 1.90 bits per heavy atom. The van der Waals surface area contributed by atoms with Gasteiger partial charge in [0.15, 0.2) is 19.7 Å². The summed E-state index contributed by atoms with van der Waals surface area (Å²) in [5.74, 6) is -0.221. The van der Waals surface area contributed by atoms with Crippen LogP contribution in [0.3, 0.4) is 0 Å². The van der Waals surface area contributed by atoms with Crippen LogP contribution in [0.2, 0.25) is 0 Å². The first-order valence-electron chi connectivity index (χ1n) is 9.10. The van der Waals surface area contributed by atoms with Gasteiger partial charge < -0.3 is 4.74 Å². The molecule has 0 fully saturated rings. The summed E-state index contributed by atoms with van der Waals surface area (Å²) >= 11 is 0. The second-order valence-electron chi connectivity index (χ2n) is 6.89. The van der Waals surface area contributed by atoms with Crippen molar-refractivity contribution < 1.29 is 21.6 Å². The van der Waals surface area contributed by atoms with Gasteiger partial charge >= 0.3 is 0 Å². The zero-order valence-electron chi connectivity index (χ0n) is 16.0. The van der Waals surface area contributed by atoms with Crippen molar-refractivity contribution in [2.75, 3.05) is 32.5 Å². The van der Waals surface area contributed by atoms with Crippen molar-refractivity contribution >= 4 is 19.7 Å². The molecule has 1 unspecified atom stereocenters. The van der Waals surface area contributed by atoms with Crippen molar-refractivity contribution in [1.82, 2.24) is 4.90 Å². The molecule has 0 saturated carbocycles. The van der Waals surface area contributed by atoms with Gasteiger partial charge in [-0.15, -0.1) is 0 Å². The molecule has 7 nitrogen and oxygen atoms in total. The summed E-state index contributed by atoms with van der Waals surface area (Å²) in [6, 6.07) is 14.5. The molecule has 0 aliphatic carbocycles. The standard InChI is InChI=1S/C20H22N2O5S2/c1-22(13-11-21)12-6-14-27-17-9-5-10-18-20(17)19(15-28(18,23)24)29(25,26)16-7-3-2-4-8-16/h2-5,7-10,19H,6,12-15H2,1H3. The van der Waals surface area contributed by atoms with E-state index in [4.69, 9.17) is 10.00 Å². The van der Waals surface area contributed by atoms with Crippen molar-refractivity contribution in [3.05, 3.63) is 54.1 Å². The van der Waals surface area contributed by atoms with E-state index in [0.29, 0.717) is 19.5 Å². The highest BCUT2D eigenvalue weighted by Gasteiger charge is 2.45. The minimum Gasteiger partial charge on any atom is -0.493 e. The zero-order valence-corrected chi connectivity index (χ0v) is 17.6. The van der Waals surface area contributed by atoms with Crippen molar-refractivity contribution in [3.63, 3.8) is 0 Å². The van der Waals surface area contributed by atoms with Gasteiger partial charge in [0.2, 0.25) is 0 Å². The van der Waals surface area contributed by atoms with E-state index in [9.17, 15) is 16.8 Å². The molecular weight excluding hydrogens is 412 g/mol. The van der Waals surface area contributed by atoms with Crippen molar-refractivity contribution in [2.24, 2.45) is 0 Å². The fraction of sp³-hybridized carbons (Fsp3) is 0.350. The van der Waals surface area contributed by atoms with Crippen LogP contribution in [0.5, 0.6) is 5.75 Å². The van der Waals surface area contributed by atoms with E-state index >= 15 is 0 Å². The summed E-state index contributed by atoms with van der Waals surface area (Å²) in [7, 11) is -5.81. The van der Waals surface area contributed by atoms with E-state index in [2.05, 4.69) is 6.07 Å². The monoisotopic (exact) mass is 434 g/mol. The van der Waals surface area contributed by atoms with Gasteiger partial charge in [0.25, 0.3) is 0 Å². The van der Waals surface area contributed by atoms with E-state index < -0.39 is 30.7 Å². The number of nitrogens with zero attached hydrogens (tertiary/aromatic N) is 2. The molecule has 2 aromatic rings. The lowest BCUT2D eigenvalue weighted by atomic mass is 10.1. The fourth-order valence-electron chi connectivity index (χ4n) is 3.35. The maximum Gasteiger partial charge on any atom is 0.186 e. The van der Waals surface area contributed by atoms with Crippen LogP contribution in [-0.2, 0) is 19.7 Å². The number of hydrogen-bond acceptors (Lipinski definition) is 7. The van der Waals surface area contributed by atoms with E-state index in [0.717, 1.165) is 0 Å². The third-order valence-electron chi connectivity index (χ3n) is 4.78. The summed E-state index contributed by atoms with van der Waals surface area (Å²) in [5.41, 5.74) is 0.210. The fourth-order valence-corrected chi connectivity index (χ4v) is 7.70. The third-order valence-corrected chi connectivity index (χ3v) is 8.87. The lowest BCUT2D eigenvalue weighted by molar-refractivity contribution is 0.272. The number of hydrogen-bond donors (Lipinski definition) is 0. The first kappa shape index (κ1) is 21.3. The van der Waals surface area contributed by atoms with Gasteiger partial charge in [-0.1, -0.05) is 24.3 Å². The SMILES string of the molecule is CN(CC#N)CCCOc1cccc2c1C(S(=O)(=O)c1ccccc1)CS2(=O)=O. The van der Waals surface area contributed by atoms with Crippen molar-refractivity contribution in [1.29, 1.82) is 5.26 Å². The molecule has 3 rings (SSSR count). The van der Waals surface area contributed by atoms with Gasteiger partial charge in [-0.3, -0.25) is 4.90 Å². The average molecular weight is 435 g/mol. The molecule has 1 aliphatic heterocycles. The molecule has 0 bridgehead atoms. The minimum absolute atomic E-state index is 0.0149. The number of rotatable bonds is 8. The van der Waals surface area contributed by atoms with Gasteiger partial charge in [-0.05, 0) is 37.7 Å². The molecular formula is C20H22N2O5S2. The molecule has 1 aliphatic rings. The number of benzene rings is 2. The first-order chi connectivity index (χ1) is 13.8. The Kier molecular flexibility index (Phi) is 6.27. The summed E-state index contributed by atoms with van der Waals surface area (Å²) in [6.45, 7) is 1.22. The predicted octanol–water partition coefficient (Wildman–Crippen LogP) is 2.21. The molecule has 0 aromatic heterocycles. The van der Waals surface area contributed by atoms with Crippen LogP contribution in [0.15, 0.2) is 58.3 Å². The van der Waals surface area contributed by atoms with Gasteiger partial charge in [0.1, 0.15) is 11.0 Å². The Balaban J connectivity index is 1.90. The van der Waals surface area contributed by atoms with Crippen LogP contribution < -0.4 is 4.74 Å². The quantitative estimate of drug-likeness (QED) is 0.463. The molecule has 9 heteroatoms. The molecule has 0 saturated heterocycles. The van der Waals surface area contributed by atoms with Gasteiger partial charge in [0, 0.05) is 12.1 Å². The Morgan fingerprint density at radius 3 is 2.59 bits per heavy atom. The van der Waals surface area contributed by atoms with E-state index in [1.165, 1.54) is 18.2 Å². The predicted molar refractivity (Wildman–Crippen MR) is 108 cm³/mol. The number of fused-ring (bicyclic) bond motifs is 1. The van der Waals surface area contributed by atoms with Crippen LogP contribution in [0.1, 0.15) is 17.2 Å². The zero-order chi connectivity index (χ0) is 21.1. The van der Waals surface area contributed by atoms with Crippen LogP contribution >= 0.6 is 0 Å². The summed E-state index contributed by atoms with van der Waals surface area (Å²) in [6.07, 6.45) is 0.616. The van der Waals surface area contributed by atoms with Crippen LogP contribution in [0, 0.1) is 11.3 Å². The Morgan fingerprint density at radius 1 is 1.17 bits per heavy atom. The van der Waals surface area contributed by atoms with E-state index in [-0.39, 0.29) is 27.7 Å². The topological polar surface area (TPSA) is 105 Å². The van der Waals surface area contributed by atoms with Gasteiger partial charge in [-0.2, -0.15) is 5.26 Å². The van der Waals surface area contributed by atoms with Crippen LogP contribution in [-0.4, -0.2) is 54.2 Å². The summed E-state index contributed by atoms with van der Waals surface area (Å²) in [5, 5.41) is 7.48. The maximum atomic E-state index is 13.2. The molecule has 154 valence electrons. The Labute approximate surface area is 171 Å². The second-order valence-corrected chi connectivity index (χ2v) is 11.0. The Bertz CT molecular complexity index is 1120. The average Bonchev–Trinajstić information content (AvgIpc) is 2.99. The second kappa shape index (κ2) is 8.53. The smallest absolute Gasteiger partial charge is 0.186 e. The highest BCUT2D eigenvalue weighted by molar-refractivity contribution is 7.96. The number of sulfone groups is 2. The largest absolute Gasteiger partial charge is 0.493 e. The number of ether oxygens (including phenoxy) is 1. The minimum atomic E-state index is -3.90. The number of nitriles is 1. The van der Waals surface area contributed by atoms with E-state index in [1.54, 1.807) is 30.3 Å². The summed E-state index contributed by atoms with van der Waals surface area (Å²) < 4.78 is 57.4. The van der Waals surface area contributed by atoms with Crippen molar-refractivity contribution in [3.8, 4) is 11.8 Å². The maximum absolute atomic E-state index is 13.2. The first-order valence-corrected chi connectivity index (χ1v) is 12.3. The van der Waals surface area contributed by atoms with Crippen LogP contribution in [0.25, 0.3) is 0 Å². The molecule has 1 atom stereocenters. The Hall–Kier alpha value is -2.41. The third kappa shape index (κ3) is 4.45. The lowest BCUT2D eigenvalue weighted by Gasteiger charge is -2.17. The molecule has 0 amide bonds. The normalized spacial score (nSPS) is 17.6. The molecule has 2 aromatic carbocycles. The summed E-state index contributed by atoms with van der Waals surface area (Å²) in [4.78, 5) is 1.94. The van der Waals surface area contributed by atoms with Crippen molar-refractivity contribution in [2.45, 2.75) is 21.5 Å².